The zero-order valence-electron chi connectivity index (χ0n) is 11.0. The molecule has 1 fully saturated rings. The van der Waals surface area contributed by atoms with E-state index in [0.29, 0.717) is 38.4 Å². The molecule has 1 aliphatic rings. The molecule has 5 heteroatoms. The van der Waals surface area contributed by atoms with Crippen LogP contribution in [-0.4, -0.2) is 31.4 Å². The van der Waals surface area contributed by atoms with Gasteiger partial charge in [-0.2, -0.15) is 0 Å². The third kappa shape index (κ3) is 6.59. The third-order valence-corrected chi connectivity index (χ3v) is 3.34. The van der Waals surface area contributed by atoms with E-state index in [9.17, 15) is 9.59 Å². The normalized spacial score (nSPS) is 16.3. The van der Waals surface area contributed by atoms with Crippen LogP contribution in [0.2, 0.25) is 0 Å². The number of carbonyl (C=O) groups is 2. The number of nitrogens with two attached hydrogens (primary N) is 1. The minimum absolute atomic E-state index is 0.0565. The number of carbonyl (C=O) groups excluding carboxylic acids is 2. The molecular weight excluding hydrogens is 230 g/mol. The van der Waals surface area contributed by atoms with Crippen LogP contribution in [0.1, 0.15) is 44.9 Å². The van der Waals surface area contributed by atoms with E-state index in [0.717, 1.165) is 0 Å². The number of hydrogen-bond acceptors (Lipinski definition) is 3. The fourth-order valence-electron chi connectivity index (χ4n) is 2.35. The Morgan fingerprint density at radius 3 is 2.22 bits per heavy atom. The van der Waals surface area contributed by atoms with Gasteiger partial charge >= 0.3 is 0 Å². The van der Waals surface area contributed by atoms with Crippen LogP contribution in [0.4, 0.5) is 0 Å². The highest BCUT2D eigenvalue weighted by Gasteiger charge is 2.16. The van der Waals surface area contributed by atoms with Gasteiger partial charge in [0.2, 0.25) is 11.8 Å². The molecule has 1 rings (SSSR count). The molecule has 2 amide bonds. The van der Waals surface area contributed by atoms with Gasteiger partial charge in [-0.1, -0.05) is 19.3 Å². The third-order valence-electron chi connectivity index (χ3n) is 3.34. The molecule has 0 aliphatic heterocycles. The lowest BCUT2D eigenvalue weighted by atomic mass is 9.87. The molecule has 1 aliphatic carbocycles. The number of hydrogen-bond donors (Lipinski definition) is 3. The van der Waals surface area contributed by atoms with E-state index in [4.69, 9.17) is 5.73 Å². The van der Waals surface area contributed by atoms with Crippen LogP contribution < -0.4 is 16.4 Å². The standard InChI is InChI=1S/C13H25N3O2/c14-7-6-12(17)15-8-9-16-13(18)10-11-4-2-1-3-5-11/h11H,1-10,14H2,(H,15,17)(H,16,18). The van der Waals surface area contributed by atoms with Crippen molar-refractivity contribution in [2.24, 2.45) is 11.7 Å². The summed E-state index contributed by atoms with van der Waals surface area (Å²) in [6.07, 6.45) is 7.17. The van der Waals surface area contributed by atoms with Crippen LogP contribution in [0.5, 0.6) is 0 Å². The Hall–Kier alpha value is -1.10. The lowest BCUT2D eigenvalue weighted by Crippen LogP contribution is -2.36. The maximum absolute atomic E-state index is 11.6. The van der Waals surface area contributed by atoms with Gasteiger partial charge in [0.25, 0.3) is 0 Å². The summed E-state index contributed by atoms with van der Waals surface area (Å²) in [6, 6.07) is 0. The molecule has 18 heavy (non-hydrogen) atoms. The van der Waals surface area contributed by atoms with Crippen molar-refractivity contribution >= 4 is 11.8 Å². The van der Waals surface area contributed by atoms with E-state index in [-0.39, 0.29) is 11.8 Å². The Morgan fingerprint density at radius 1 is 1.00 bits per heavy atom. The highest BCUT2D eigenvalue weighted by molar-refractivity contribution is 5.77. The van der Waals surface area contributed by atoms with Crippen LogP contribution in [-0.2, 0) is 9.59 Å². The summed E-state index contributed by atoms with van der Waals surface area (Å²) in [6.45, 7) is 1.34. The largest absolute Gasteiger partial charge is 0.354 e. The lowest BCUT2D eigenvalue weighted by molar-refractivity contribution is -0.123. The molecule has 0 radical (unpaired) electrons. The molecule has 0 saturated heterocycles. The predicted octanol–water partition coefficient (Wildman–Crippen LogP) is 0.538. The van der Waals surface area contributed by atoms with Crippen molar-refractivity contribution < 1.29 is 9.59 Å². The van der Waals surface area contributed by atoms with Gasteiger partial charge < -0.3 is 16.4 Å². The van der Waals surface area contributed by atoms with Crippen LogP contribution in [0.3, 0.4) is 0 Å². The van der Waals surface area contributed by atoms with Crippen molar-refractivity contribution in [1.82, 2.24) is 10.6 Å². The summed E-state index contributed by atoms with van der Waals surface area (Å²) < 4.78 is 0. The topological polar surface area (TPSA) is 84.2 Å². The quantitative estimate of drug-likeness (QED) is 0.580. The second-order valence-corrected chi connectivity index (χ2v) is 4.95. The average molecular weight is 255 g/mol. The number of rotatable bonds is 7. The van der Waals surface area contributed by atoms with Gasteiger partial charge in [0.1, 0.15) is 0 Å². The van der Waals surface area contributed by atoms with E-state index in [1.807, 2.05) is 0 Å². The van der Waals surface area contributed by atoms with Crippen molar-refractivity contribution in [3.63, 3.8) is 0 Å². The van der Waals surface area contributed by atoms with E-state index in [1.54, 1.807) is 0 Å². The average Bonchev–Trinajstić information content (AvgIpc) is 2.36. The van der Waals surface area contributed by atoms with E-state index in [2.05, 4.69) is 10.6 Å². The molecule has 0 aromatic heterocycles. The summed E-state index contributed by atoms with van der Waals surface area (Å²) in [5.74, 6) is 0.611. The van der Waals surface area contributed by atoms with Crippen LogP contribution in [0, 0.1) is 5.92 Å². The molecular formula is C13H25N3O2. The van der Waals surface area contributed by atoms with Gasteiger partial charge in [-0.05, 0) is 18.8 Å². The highest BCUT2D eigenvalue weighted by atomic mass is 16.2. The van der Waals surface area contributed by atoms with Gasteiger partial charge in [-0.15, -0.1) is 0 Å². The first kappa shape index (κ1) is 15.0. The van der Waals surface area contributed by atoms with Gasteiger partial charge in [-0.3, -0.25) is 9.59 Å². The van der Waals surface area contributed by atoms with Crippen molar-refractivity contribution in [3.8, 4) is 0 Å². The van der Waals surface area contributed by atoms with Crippen molar-refractivity contribution in [3.05, 3.63) is 0 Å². The zero-order chi connectivity index (χ0) is 13.2. The molecule has 5 nitrogen and oxygen atoms in total. The minimum atomic E-state index is -0.0565. The Morgan fingerprint density at radius 2 is 1.61 bits per heavy atom. The second-order valence-electron chi connectivity index (χ2n) is 4.95. The highest BCUT2D eigenvalue weighted by Crippen LogP contribution is 2.25. The molecule has 0 spiro atoms. The predicted molar refractivity (Wildman–Crippen MR) is 70.9 cm³/mol. The van der Waals surface area contributed by atoms with Crippen molar-refractivity contribution in [2.45, 2.75) is 44.9 Å². The molecule has 0 atom stereocenters. The number of nitrogens with one attached hydrogen (secondary N) is 2. The Bertz CT molecular complexity index is 263. The van der Waals surface area contributed by atoms with Gasteiger partial charge in [-0.25, -0.2) is 0 Å². The fourth-order valence-corrected chi connectivity index (χ4v) is 2.35. The van der Waals surface area contributed by atoms with Crippen LogP contribution in [0.15, 0.2) is 0 Å². The zero-order valence-corrected chi connectivity index (χ0v) is 11.0. The summed E-state index contributed by atoms with van der Waals surface area (Å²) in [7, 11) is 0. The van der Waals surface area contributed by atoms with Gasteiger partial charge in [0, 0.05) is 32.5 Å². The van der Waals surface area contributed by atoms with Crippen molar-refractivity contribution in [2.75, 3.05) is 19.6 Å². The molecule has 0 aromatic carbocycles. The van der Waals surface area contributed by atoms with Crippen molar-refractivity contribution in [1.29, 1.82) is 0 Å². The van der Waals surface area contributed by atoms with E-state index < -0.39 is 0 Å². The van der Waals surface area contributed by atoms with Crippen LogP contribution in [0.25, 0.3) is 0 Å². The first-order valence-electron chi connectivity index (χ1n) is 6.96. The molecule has 0 bridgehead atoms. The Kier molecular flexibility index (Phi) is 7.41. The number of amides is 2. The van der Waals surface area contributed by atoms with Crippen LogP contribution >= 0.6 is 0 Å². The molecule has 0 unspecified atom stereocenters. The summed E-state index contributed by atoms with van der Waals surface area (Å²) in [5, 5.41) is 5.55. The molecule has 0 heterocycles. The maximum atomic E-state index is 11.6. The molecule has 104 valence electrons. The van der Waals surface area contributed by atoms with E-state index in [1.165, 1.54) is 32.1 Å². The monoisotopic (exact) mass is 255 g/mol. The van der Waals surface area contributed by atoms with Gasteiger partial charge in [0.15, 0.2) is 0 Å². The maximum Gasteiger partial charge on any atom is 0.221 e. The Balaban J connectivity index is 2.01. The smallest absolute Gasteiger partial charge is 0.221 e. The second kappa shape index (κ2) is 8.91. The first-order valence-corrected chi connectivity index (χ1v) is 6.96. The first-order chi connectivity index (χ1) is 8.72. The van der Waals surface area contributed by atoms with Gasteiger partial charge in [0.05, 0.1) is 0 Å². The molecule has 4 N–H and O–H groups in total. The molecule has 0 aromatic rings. The molecule has 1 saturated carbocycles. The minimum Gasteiger partial charge on any atom is -0.354 e. The van der Waals surface area contributed by atoms with E-state index >= 15 is 0 Å². The summed E-state index contributed by atoms with van der Waals surface area (Å²) >= 11 is 0. The Labute approximate surface area is 109 Å². The summed E-state index contributed by atoms with van der Waals surface area (Å²) in [5.41, 5.74) is 5.26. The lowest BCUT2D eigenvalue weighted by Gasteiger charge is -2.20. The summed E-state index contributed by atoms with van der Waals surface area (Å²) in [4.78, 5) is 22.7. The fraction of sp³-hybridized carbons (Fsp3) is 0.846. The SMILES string of the molecule is NCCC(=O)NCCNC(=O)CC1CCCCC1.